The first-order chi connectivity index (χ1) is 6.15. The smallest absolute Gasteiger partial charge is 0.224 e. The summed E-state index contributed by atoms with van der Waals surface area (Å²) in [5.41, 5.74) is 0. The molecule has 13 heavy (non-hydrogen) atoms. The molecule has 1 saturated heterocycles. The predicted octanol–water partition coefficient (Wildman–Crippen LogP) is 2.26. The molecule has 2 nitrogen and oxygen atoms in total. The van der Waals surface area contributed by atoms with E-state index >= 15 is 0 Å². The van der Waals surface area contributed by atoms with Crippen LogP contribution in [0.25, 0.3) is 0 Å². The van der Waals surface area contributed by atoms with Crippen LogP contribution in [-0.4, -0.2) is 29.3 Å². The third-order valence-electron chi connectivity index (χ3n) is 2.75. The summed E-state index contributed by atoms with van der Waals surface area (Å²) in [6.45, 7) is 5.24. The maximum Gasteiger partial charge on any atom is 0.224 e. The minimum Gasteiger partial charge on any atom is -0.340 e. The molecule has 3 heteroatoms. The number of rotatable bonds is 2. The standard InChI is InChI=1S/C10H18ClNO/c1-8-3-4-9(2)12(7-8)10(13)5-6-11/h8-9H,3-7H2,1-2H3. The third kappa shape index (κ3) is 2.87. The molecule has 0 aliphatic carbocycles. The van der Waals surface area contributed by atoms with Crippen molar-refractivity contribution in [3.63, 3.8) is 0 Å². The summed E-state index contributed by atoms with van der Waals surface area (Å²) in [7, 11) is 0. The summed E-state index contributed by atoms with van der Waals surface area (Å²) < 4.78 is 0. The lowest BCUT2D eigenvalue weighted by atomic mass is 9.95. The highest BCUT2D eigenvalue weighted by atomic mass is 35.5. The molecule has 0 aromatic carbocycles. The second-order valence-electron chi connectivity index (χ2n) is 4.02. The van der Waals surface area contributed by atoms with Crippen molar-refractivity contribution in [2.24, 2.45) is 5.92 Å². The van der Waals surface area contributed by atoms with Crippen molar-refractivity contribution >= 4 is 17.5 Å². The van der Waals surface area contributed by atoms with Gasteiger partial charge in [-0.15, -0.1) is 11.6 Å². The molecule has 1 amide bonds. The van der Waals surface area contributed by atoms with E-state index in [4.69, 9.17) is 11.6 Å². The summed E-state index contributed by atoms with van der Waals surface area (Å²) in [5, 5.41) is 0. The molecule has 2 unspecified atom stereocenters. The van der Waals surface area contributed by atoms with E-state index in [1.54, 1.807) is 0 Å². The summed E-state index contributed by atoms with van der Waals surface area (Å²) in [4.78, 5) is 13.6. The molecule has 0 saturated carbocycles. The van der Waals surface area contributed by atoms with E-state index in [0.717, 1.165) is 13.0 Å². The molecule has 1 aliphatic rings. The highest BCUT2D eigenvalue weighted by molar-refractivity contribution is 6.18. The fraction of sp³-hybridized carbons (Fsp3) is 0.900. The third-order valence-corrected chi connectivity index (χ3v) is 2.94. The Bertz CT molecular complexity index is 184. The minimum atomic E-state index is 0.217. The van der Waals surface area contributed by atoms with Gasteiger partial charge < -0.3 is 4.90 Å². The summed E-state index contributed by atoms with van der Waals surface area (Å²) in [6, 6.07) is 0.409. The van der Waals surface area contributed by atoms with Gasteiger partial charge in [0.05, 0.1) is 0 Å². The Kier molecular flexibility index (Phi) is 4.04. The van der Waals surface area contributed by atoms with E-state index in [0.29, 0.717) is 24.3 Å². The molecule has 0 radical (unpaired) electrons. The number of nitrogens with zero attached hydrogens (tertiary/aromatic N) is 1. The van der Waals surface area contributed by atoms with Gasteiger partial charge in [-0.1, -0.05) is 6.92 Å². The molecule has 0 spiro atoms. The molecule has 2 atom stereocenters. The van der Waals surface area contributed by atoms with Gasteiger partial charge in [0, 0.05) is 24.9 Å². The molecule has 0 aromatic rings. The van der Waals surface area contributed by atoms with Crippen LogP contribution in [-0.2, 0) is 4.79 Å². The highest BCUT2D eigenvalue weighted by Crippen LogP contribution is 2.21. The quantitative estimate of drug-likeness (QED) is 0.631. The topological polar surface area (TPSA) is 20.3 Å². The molecule has 1 rings (SSSR count). The maximum absolute atomic E-state index is 11.6. The van der Waals surface area contributed by atoms with Gasteiger partial charge in [-0.25, -0.2) is 0 Å². The van der Waals surface area contributed by atoms with Gasteiger partial charge in [-0.3, -0.25) is 4.79 Å². The summed E-state index contributed by atoms with van der Waals surface area (Å²) >= 11 is 5.55. The first kappa shape index (κ1) is 10.8. The van der Waals surface area contributed by atoms with Gasteiger partial charge in [-0.2, -0.15) is 0 Å². The van der Waals surface area contributed by atoms with Gasteiger partial charge in [0.2, 0.25) is 5.91 Å². The van der Waals surface area contributed by atoms with E-state index in [9.17, 15) is 4.79 Å². The highest BCUT2D eigenvalue weighted by Gasteiger charge is 2.25. The zero-order valence-corrected chi connectivity index (χ0v) is 9.18. The van der Waals surface area contributed by atoms with Crippen LogP contribution in [0.15, 0.2) is 0 Å². The van der Waals surface area contributed by atoms with Gasteiger partial charge in [0.25, 0.3) is 0 Å². The van der Waals surface area contributed by atoms with E-state index in [1.807, 2.05) is 4.90 Å². The molecule has 0 aromatic heterocycles. The lowest BCUT2D eigenvalue weighted by Gasteiger charge is -2.36. The minimum absolute atomic E-state index is 0.217. The Balaban J connectivity index is 2.50. The zero-order chi connectivity index (χ0) is 9.84. The Labute approximate surface area is 85.2 Å². The number of hydrogen-bond donors (Lipinski definition) is 0. The van der Waals surface area contributed by atoms with Crippen LogP contribution < -0.4 is 0 Å². The van der Waals surface area contributed by atoms with Crippen molar-refractivity contribution in [3.05, 3.63) is 0 Å². The molecular weight excluding hydrogens is 186 g/mol. The van der Waals surface area contributed by atoms with E-state index in [-0.39, 0.29) is 5.91 Å². The molecule has 0 N–H and O–H groups in total. The molecular formula is C10H18ClNO. The first-order valence-corrected chi connectivity index (χ1v) is 5.54. The SMILES string of the molecule is CC1CCC(C)N(C(=O)CCCl)C1. The molecule has 76 valence electrons. The molecule has 0 bridgehead atoms. The number of halogens is 1. The number of amides is 1. The summed E-state index contributed by atoms with van der Waals surface area (Å²) in [5.74, 6) is 1.31. The number of likely N-dealkylation sites (tertiary alicyclic amines) is 1. The molecule has 1 heterocycles. The monoisotopic (exact) mass is 203 g/mol. The Morgan fingerprint density at radius 2 is 2.15 bits per heavy atom. The van der Waals surface area contributed by atoms with Gasteiger partial charge >= 0.3 is 0 Å². The average Bonchev–Trinajstić information content (AvgIpc) is 2.09. The van der Waals surface area contributed by atoms with Crippen LogP contribution in [0.1, 0.15) is 33.1 Å². The van der Waals surface area contributed by atoms with E-state index in [2.05, 4.69) is 13.8 Å². The van der Waals surface area contributed by atoms with Crippen molar-refractivity contribution in [3.8, 4) is 0 Å². The number of alkyl halides is 1. The number of carbonyl (C=O) groups is 1. The number of hydrogen-bond acceptors (Lipinski definition) is 1. The van der Waals surface area contributed by atoms with Crippen LogP contribution >= 0.6 is 11.6 Å². The Morgan fingerprint density at radius 1 is 1.46 bits per heavy atom. The van der Waals surface area contributed by atoms with Crippen molar-refractivity contribution in [1.82, 2.24) is 4.90 Å². The fourth-order valence-corrected chi connectivity index (χ4v) is 2.02. The first-order valence-electron chi connectivity index (χ1n) is 5.00. The Hall–Kier alpha value is -0.240. The average molecular weight is 204 g/mol. The van der Waals surface area contributed by atoms with Crippen molar-refractivity contribution in [2.75, 3.05) is 12.4 Å². The van der Waals surface area contributed by atoms with Crippen LogP contribution in [0.4, 0.5) is 0 Å². The van der Waals surface area contributed by atoms with Crippen LogP contribution in [0.5, 0.6) is 0 Å². The van der Waals surface area contributed by atoms with Crippen molar-refractivity contribution in [1.29, 1.82) is 0 Å². The number of carbonyl (C=O) groups excluding carboxylic acids is 1. The summed E-state index contributed by atoms with van der Waals surface area (Å²) in [6.07, 6.45) is 2.86. The Morgan fingerprint density at radius 3 is 2.77 bits per heavy atom. The van der Waals surface area contributed by atoms with Gasteiger partial charge in [0.1, 0.15) is 0 Å². The van der Waals surface area contributed by atoms with Gasteiger partial charge in [0.15, 0.2) is 0 Å². The second kappa shape index (κ2) is 4.85. The molecule has 1 fully saturated rings. The normalized spacial score (nSPS) is 29.0. The van der Waals surface area contributed by atoms with Crippen LogP contribution in [0.3, 0.4) is 0 Å². The zero-order valence-electron chi connectivity index (χ0n) is 8.42. The fourth-order valence-electron chi connectivity index (χ4n) is 1.86. The lowest BCUT2D eigenvalue weighted by Crippen LogP contribution is -2.44. The van der Waals surface area contributed by atoms with Crippen molar-refractivity contribution < 1.29 is 4.79 Å². The van der Waals surface area contributed by atoms with Crippen LogP contribution in [0, 0.1) is 5.92 Å². The molecule has 1 aliphatic heterocycles. The maximum atomic E-state index is 11.6. The largest absolute Gasteiger partial charge is 0.340 e. The van der Waals surface area contributed by atoms with E-state index in [1.165, 1.54) is 6.42 Å². The van der Waals surface area contributed by atoms with E-state index < -0.39 is 0 Å². The van der Waals surface area contributed by atoms with Crippen LogP contribution in [0.2, 0.25) is 0 Å². The predicted molar refractivity (Wildman–Crippen MR) is 54.9 cm³/mol. The lowest BCUT2D eigenvalue weighted by molar-refractivity contribution is -0.134. The number of piperidine rings is 1. The second-order valence-corrected chi connectivity index (χ2v) is 4.39. The van der Waals surface area contributed by atoms with Gasteiger partial charge in [-0.05, 0) is 25.7 Å². The van der Waals surface area contributed by atoms with Crippen molar-refractivity contribution in [2.45, 2.75) is 39.2 Å².